The number of carbonyl (C=O) groups excluding carboxylic acids is 1. The molecule has 0 saturated heterocycles. The third kappa shape index (κ3) is 3.50. The summed E-state index contributed by atoms with van der Waals surface area (Å²) in [4.78, 5) is 22.3. The Morgan fingerprint density at radius 2 is 2.08 bits per heavy atom. The fraction of sp³-hybridized carbons (Fsp3) is 0.143. The maximum atomic E-state index is 12.2. The highest BCUT2D eigenvalue weighted by Gasteiger charge is 2.16. The molecule has 1 aromatic carbocycles. The van der Waals surface area contributed by atoms with Crippen LogP contribution in [0.1, 0.15) is 16.1 Å². The molecule has 0 radical (unpaired) electrons. The third-order valence-electron chi connectivity index (χ3n) is 3.33. The van der Waals surface area contributed by atoms with Crippen molar-refractivity contribution in [1.82, 2.24) is 25.1 Å². The van der Waals surface area contributed by atoms with E-state index in [1.165, 1.54) is 28.9 Å². The number of benzene rings is 1. The molecule has 3 N–H and O–H groups in total. The predicted octanol–water partition coefficient (Wildman–Crippen LogP) is 1.57. The van der Waals surface area contributed by atoms with Gasteiger partial charge in [0.05, 0.1) is 10.7 Å². The summed E-state index contributed by atoms with van der Waals surface area (Å²) in [5, 5.41) is 25.8. The number of nitro benzene ring substituents is 1. The van der Waals surface area contributed by atoms with Gasteiger partial charge in [-0.2, -0.15) is 5.10 Å². The van der Waals surface area contributed by atoms with Gasteiger partial charge < -0.3 is 5.84 Å². The largest absolute Gasteiger partial charge is 0.335 e. The van der Waals surface area contributed by atoms with Crippen LogP contribution in [0.25, 0.3) is 11.5 Å². The molecule has 0 aliphatic rings. The fourth-order valence-electron chi connectivity index (χ4n) is 2.07. The summed E-state index contributed by atoms with van der Waals surface area (Å²) in [6, 6.07) is 7.21. The molecule has 0 amide bonds. The Bertz CT molecular complexity index is 932. The van der Waals surface area contributed by atoms with Crippen molar-refractivity contribution in [2.24, 2.45) is 0 Å². The number of thioether (sulfide) groups is 1. The zero-order valence-electron chi connectivity index (χ0n) is 13.0. The van der Waals surface area contributed by atoms with E-state index in [1.807, 2.05) is 6.92 Å². The van der Waals surface area contributed by atoms with Crippen molar-refractivity contribution in [2.75, 3.05) is 11.6 Å². The molecule has 10 nitrogen and oxygen atoms in total. The maximum absolute atomic E-state index is 12.2. The van der Waals surface area contributed by atoms with Crippen LogP contribution in [0.5, 0.6) is 0 Å². The van der Waals surface area contributed by atoms with Gasteiger partial charge in [-0.15, -0.1) is 10.2 Å². The molecule has 2 aromatic heterocycles. The third-order valence-corrected chi connectivity index (χ3v) is 4.28. The first-order chi connectivity index (χ1) is 12.0. The SMILES string of the molecule is Cc1cc(-c2nnc(SCC(=O)c3ccc([N+](=O)[O-])cc3)n2N)n[nH]1. The van der Waals surface area contributed by atoms with Crippen molar-refractivity contribution in [3.8, 4) is 11.5 Å². The molecule has 0 unspecified atom stereocenters. The van der Waals surface area contributed by atoms with Crippen molar-refractivity contribution >= 4 is 23.2 Å². The van der Waals surface area contributed by atoms with E-state index in [9.17, 15) is 14.9 Å². The summed E-state index contributed by atoms with van der Waals surface area (Å²) >= 11 is 1.13. The lowest BCUT2D eigenvalue weighted by atomic mass is 10.1. The van der Waals surface area contributed by atoms with Gasteiger partial charge in [0.1, 0.15) is 5.69 Å². The van der Waals surface area contributed by atoms with Crippen LogP contribution >= 0.6 is 11.8 Å². The monoisotopic (exact) mass is 359 g/mol. The van der Waals surface area contributed by atoms with Crippen LogP contribution in [0.3, 0.4) is 0 Å². The molecule has 2 heterocycles. The van der Waals surface area contributed by atoms with Gasteiger partial charge >= 0.3 is 0 Å². The molecule has 11 heteroatoms. The van der Waals surface area contributed by atoms with E-state index in [-0.39, 0.29) is 17.2 Å². The lowest BCUT2D eigenvalue weighted by Crippen LogP contribution is -2.13. The van der Waals surface area contributed by atoms with Crippen LogP contribution in [0.15, 0.2) is 35.5 Å². The van der Waals surface area contributed by atoms with E-state index in [0.29, 0.717) is 22.2 Å². The Morgan fingerprint density at radius 3 is 2.68 bits per heavy atom. The van der Waals surface area contributed by atoms with Crippen molar-refractivity contribution < 1.29 is 9.72 Å². The number of ketones is 1. The minimum Gasteiger partial charge on any atom is -0.335 e. The highest BCUT2D eigenvalue weighted by Crippen LogP contribution is 2.22. The highest BCUT2D eigenvalue weighted by molar-refractivity contribution is 7.99. The van der Waals surface area contributed by atoms with Gasteiger partial charge in [-0.3, -0.25) is 20.0 Å². The molecule has 128 valence electrons. The summed E-state index contributed by atoms with van der Waals surface area (Å²) in [7, 11) is 0. The Kier molecular flexibility index (Phi) is 4.48. The van der Waals surface area contributed by atoms with Crippen LogP contribution < -0.4 is 5.84 Å². The van der Waals surface area contributed by atoms with E-state index in [2.05, 4.69) is 20.4 Å². The van der Waals surface area contributed by atoms with Crippen LogP contribution in [-0.2, 0) is 0 Å². The van der Waals surface area contributed by atoms with Crippen molar-refractivity contribution in [1.29, 1.82) is 0 Å². The second-order valence-corrected chi connectivity index (χ2v) is 6.07. The number of rotatable bonds is 6. The fourth-order valence-corrected chi connectivity index (χ4v) is 2.82. The number of nitrogens with two attached hydrogens (primary N) is 1. The number of nitrogens with zero attached hydrogens (tertiary/aromatic N) is 5. The van der Waals surface area contributed by atoms with Crippen molar-refractivity contribution in [2.45, 2.75) is 12.1 Å². The maximum Gasteiger partial charge on any atom is 0.269 e. The minimum atomic E-state index is -0.516. The van der Waals surface area contributed by atoms with Gasteiger partial charge in [-0.1, -0.05) is 11.8 Å². The van der Waals surface area contributed by atoms with Crippen LogP contribution in [0, 0.1) is 17.0 Å². The molecule has 25 heavy (non-hydrogen) atoms. The summed E-state index contributed by atoms with van der Waals surface area (Å²) in [6.45, 7) is 1.85. The number of hydrogen-bond donors (Lipinski definition) is 2. The molecule has 0 atom stereocenters. The second kappa shape index (κ2) is 6.73. The molecule has 0 aliphatic carbocycles. The van der Waals surface area contributed by atoms with Crippen LogP contribution in [0.2, 0.25) is 0 Å². The van der Waals surface area contributed by atoms with E-state index in [1.54, 1.807) is 6.07 Å². The second-order valence-electron chi connectivity index (χ2n) is 5.13. The van der Waals surface area contributed by atoms with E-state index < -0.39 is 4.92 Å². The van der Waals surface area contributed by atoms with Crippen LogP contribution in [-0.4, -0.2) is 41.5 Å². The highest BCUT2D eigenvalue weighted by atomic mass is 32.2. The number of nitrogens with one attached hydrogen (secondary N) is 1. The number of Topliss-reactive ketones (excluding diaryl/α,β-unsaturated/α-hetero) is 1. The van der Waals surface area contributed by atoms with E-state index in [4.69, 9.17) is 5.84 Å². The number of aryl methyl sites for hydroxylation is 1. The Labute approximate surface area is 145 Å². The lowest BCUT2D eigenvalue weighted by Gasteiger charge is -2.02. The number of aromatic nitrogens is 5. The van der Waals surface area contributed by atoms with E-state index >= 15 is 0 Å². The summed E-state index contributed by atoms with van der Waals surface area (Å²) in [5.41, 5.74) is 1.73. The topological polar surface area (TPSA) is 146 Å². The molecular weight excluding hydrogens is 346 g/mol. The molecular formula is C14H13N7O3S. The number of hydrogen-bond acceptors (Lipinski definition) is 8. The van der Waals surface area contributed by atoms with Gasteiger partial charge in [-0.25, -0.2) is 4.68 Å². The Morgan fingerprint density at radius 1 is 1.36 bits per heavy atom. The molecule has 3 aromatic rings. The molecule has 0 spiro atoms. The van der Waals surface area contributed by atoms with Crippen molar-refractivity contribution in [3.63, 3.8) is 0 Å². The zero-order chi connectivity index (χ0) is 18.0. The quantitative estimate of drug-likeness (QED) is 0.222. The number of nitro groups is 1. The summed E-state index contributed by atoms with van der Waals surface area (Å²) in [5.74, 6) is 6.22. The number of aromatic amines is 1. The Balaban J connectivity index is 1.68. The molecule has 3 rings (SSSR count). The average Bonchev–Trinajstić information content (AvgIpc) is 3.18. The Hall–Kier alpha value is -3.21. The van der Waals surface area contributed by atoms with Gasteiger partial charge in [0.2, 0.25) is 11.0 Å². The minimum absolute atomic E-state index is 0.0650. The van der Waals surface area contributed by atoms with E-state index in [0.717, 1.165) is 17.5 Å². The smallest absolute Gasteiger partial charge is 0.269 e. The number of carbonyl (C=O) groups is 1. The van der Waals surface area contributed by atoms with Gasteiger partial charge in [-0.05, 0) is 25.1 Å². The predicted molar refractivity (Wildman–Crippen MR) is 90.6 cm³/mol. The first-order valence-corrected chi connectivity index (χ1v) is 8.07. The molecule has 0 fully saturated rings. The molecule has 0 bridgehead atoms. The standard InChI is InChI=1S/C14H13N7O3S/c1-8-6-11(17-16-8)13-18-19-14(20(13)15)25-7-12(22)9-2-4-10(5-3-9)21(23)24/h2-6H,7,15H2,1H3,(H,16,17). The van der Waals surface area contributed by atoms with Gasteiger partial charge in [0, 0.05) is 23.4 Å². The normalized spacial score (nSPS) is 10.8. The molecule has 0 aliphatic heterocycles. The number of non-ortho nitro benzene ring substituents is 1. The number of H-pyrrole nitrogens is 1. The first kappa shape index (κ1) is 16.6. The van der Waals surface area contributed by atoms with Gasteiger partial charge in [0.25, 0.3) is 5.69 Å². The van der Waals surface area contributed by atoms with Crippen LogP contribution in [0.4, 0.5) is 5.69 Å². The summed E-state index contributed by atoms with van der Waals surface area (Å²) < 4.78 is 1.27. The first-order valence-electron chi connectivity index (χ1n) is 7.09. The zero-order valence-corrected chi connectivity index (χ0v) is 13.9. The number of nitrogen functional groups attached to an aromatic ring is 1. The summed E-state index contributed by atoms with van der Waals surface area (Å²) in [6.07, 6.45) is 0. The molecule has 0 saturated carbocycles. The average molecular weight is 359 g/mol. The van der Waals surface area contributed by atoms with Gasteiger partial charge in [0.15, 0.2) is 5.78 Å². The lowest BCUT2D eigenvalue weighted by molar-refractivity contribution is -0.384. The van der Waals surface area contributed by atoms with Crippen molar-refractivity contribution in [3.05, 3.63) is 51.7 Å².